The normalized spacial score (nSPS) is 8.93. The van der Waals surface area contributed by atoms with Crippen LogP contribution in [-0.4, -0.2) is 22.2 Å². The van der Waals surface area contributed by atoms with Gasteiger partial charge in [-0.1, -0.05) is 25.2 Å². The molecule has 0 aliphatic carbocycles. The quantitative estimate of drug-likeness (QED) is 0.666. The first kappa shape index (κ1) is 14.9. The Morgan fingerprint density at radius 1 is 1.14 bits per heavy atom. The summed E-state index contributed by atoms with van der Waals surface area (Å²) in [5, 5.41) is 15.9. The molecule has 0 aliphatic rings. The molecule has 0 aromatic carbocycles. The Bertz CT molecular complexity index is 206. The maximum atomic E-state index is 9.82. The number of allylic oxidation sites excluding steroid dienone is 1. The summed E-state index contributed by atoms with van der Waals surface area (Å²) in [4.78, 5) is 19.4. The Hall–Kier alpha value is -1.58. The van der Waals surface area contributed by atoms with E-state index in [-0.39, 0.29) is 12.8 Å². The Labute approximate surface area is 83.6 Å². The topological polar surface area (TPSA) is 74.6 Å². The zero-order valence-corrected chi connectivity index (χ0v) is 8.27. The molecule has 0 aromatic rings. The Kier molecular flexibility index (Phi) is 12.2. The van der Waals surface area contributed by atoms with Gasteiger partial charge in [0.1, 0.15) is 0 Å². The molecule has 0 rings (SSSR count). The van der Waals surface area contributed by atoms with Crippen LogP contribution < -0.4 is 0 Å². The highest BCUT2D eigenvalue weighted by Gasteiger charge is 1.86. The Morgan fingerprint density at radius 3 is 1.86 bits per heavy atom. The smallest absolute Gasteiger partial charge is 0.307 e. The van der Waals surface area contributed by atoms with E-state index >= 15 is 0 Å². The van der Waals surface area contributed by atoms with E-state index in [1.165, 1.54) is 6.08 Å². The van der Waals surface area contributed by atoms with E-state index in [0.29, 0.717) is 0 Å². The van der Waals surface area contributed by atoms with Gasteiger partial charge in [0, 0.05) is 0 Å². The van der Waals surface area contributed by atoms with Gasteiger partial charge in [0.25, 0.3) is 0 Å². The molecule has 0 heterocycles. The van der Waals surface area contributed by atoms with Gasteiger partial charge in [-0.2, -0.15) is 0 Å². The van der Waals surface area contributed by atoms with Gasteiger partial charge < -0.3 is 10.2 Å². The Morgan fingerprint density at radius 2 is 1.64 bits per heavy atom. The summed E-state index contributed by atoms with van der Waals surface area (Å²) in [5.74, 6) is -1.60. The number of hydrogen-bond donors (Lipinski definition) is 2. The summed E-state index contributed by atoms with van der Waals surface area (Å²) in [6.45, 7) is 5.19. The van der Waals surface area contributed by atoms with Gasteiger partial charge >= 0.3 is 11.9 Å². The van der Waals surface area contributed by atoms with E-state index in [0.717, 1.165) is 6.42 Å². The van der Waals surface area contributed by atoms with Crippen molar-refractivity contribution in [3.63, 3.8) is 0 Å². The standard InChI is InChI=1S/C6H10O2.C4H6O2/c1-2-3-4-5-6(7)8;1-2-3-4(5)6/h3-4H,2,5H2,1H3,(H,7,8);2H,1,3H2,(H,5,6). The molecule has 0 amide bonds. The molecule has 4 nitrogen and oxygen atoms in total. The van der Waals surface area contributed by atoms with Gasteiger partial charge in [0.15, 0.2) is 0 Å². The molecule has 0 spiro atoms. The molecule has 4 heteroatoms. The highest BCUT2D eigenvalue weighted by Crippen LogP contribution is 1.84. The second-order valence-corrected chi connectivity index (χ2v) is 2.36. The zero-order chi connectivity index (χ0) is 11.4. The summed E-state index contributed by atoms with van der Waals surface area (Å²) in [5.41, 5.74) is 0. The molecule has 0 saturated carbocycles. The molecule has 0 aliphatic heterocycles. The van der Waals surface area contributed by atoms with Crippen LogP contribution in [0, 0.1) is 0 Å². The van der Waals surface area contributed by atoms with Gasteiger partial charge in [-0.05, 0) is 6.42 Å². The van der Waals surface area contributed by atoms with Crippen LogP contribution in [0.3, 0.4) is 0 Å². The zero-order valence-electron chi connectivity index (χ0n) is 8.27. The average Bonchev–Trinajstić information content (AvgIpc) is 2.05. The van der Waals surface area contributed by atoms with Crippen molar-refractivity contribution in [1.82, 2.24) is 0 Å². The SMILES string of the molecule is C=CCC(=O)O.CCC=CCC(=O)O. The van der Waals surface area contributed by atoms with E-state index in [2.05, 4.69) is 6.58 Å². The number of hydrogen-bond acceptors (Lipinski definition) is 2. The fraction of sp³-hybridized carbons (Fsp3) is 0.400. The maximum absolute atomic E-state index is 9.82. The lowest BCUT2D eigenvalue weighted by Crippen LogP contribution is -1.89. The minimum absolute atomic E-state index is 0.0556. The third-order valence-corrected chi connectivity index (χ3v) is 1.01. The Balaban J connectivity index is 0. The largest absolute Gasteiger partial charge is 0.481 e. The summed E-state index contributed by atoms with van der Waals surface area (Å²) in [6, 6.07) is 0. The first-order chi connectivity index (χ1) is 6.54. The van der Waals surface area contributed by atoms with Crippen molar-refractivity contribution in [2.45, 2.75) is 26.2 Å². The maximum Gasteiger partial charge on any atom is 0.307 e. The number of aliphatic carboxylic acids is 2. The first-order valence-electron chi connectivity index (χ1n) is 4.24. The fourth-order valence-corrected chi connectivity index (χ4v) is 0.474. The second-order valence-electron chi connectivity index (χ2n) is 2.36. The summed E-state index contributed by atoms with van der Waals surface area (Å²) in [6.07, 6.45) is 5.96. The van der Waals surface area contributed by atoms with Crippen LogP contribution in [0.2, 0.25) is 0 Å². The van der Waals surface area contributed by atoms with Crippen molar-refractivity contribution >= 4 is 11.9 Å². The summed E-state index contributed by atoms with van der Waals surface area (Å²) >= 11 is 0. The van der Waals surface area contributed by atoms with E-state index < -0.39 is 11.9 Å². The van der Waals surface area contributed by atoms with Crippen LogP contribution in [0.15, 0.2) is 24.8 Å². The molecular formula is C10H16O4. The lowest BCUT2D eigenvalue weighted by atomic mass is 10.3. The van der Waals surface area contributed by atoms with Crippen molar-refractivity contribution in [3.8, 4) is 0 Å². The van der Waals surface area contributed by atoms with Crippen LogP contribution >= 0.6 is 0 Å². The van der Waals surface area contributed by atoms with E-state index in [1.807, 2.05) is 13.0 Å². The van der Waals surface area contributed by atoms with Crippen LogP contribution in [-0.2, 0) is 9.59 Å². The highest BCUT2D eigenvalue weighted by atomic mass is 16.4. The predicted molar refractivity (Wildman–Crippen MR) is 54.1 cm³/mol. The fourth-order valence-electron chi connectivity index (χ4n) is 0.474. The van der Waals surface area contributed by atoms with E-state index in [9.17, 15) is 9.59 Å². The number of carboxylic acid groups (broad SMARTS) is 2. The molecule has 80 valence electrons. The minimum Gasteiger partial charge on any atom is -0.481 e. The third-order valence-electron chi connectivity index (χ3n) is 1.01. The van der Waals surface area contributed by atoms with Crippen molar-refractivity contribution in [2.24, 2.45) is 0 Å². The van der Waals surface area contributed by atoms with Crippen LogP contribution in [0.1, 0.15) is 26.2 Å². The lowest BCUT2D eigenvalue weighted by Gasteiger charge is -1.80. The van der Waals surface area contributed by atoms with Gasteiger partial charge in [0.2, 0.25) is 0 Å². The summed E-state index contributed by atoms with van der Waals surface area (Å²) in [7, 11) is 0. The highest BCUT2D eigenvalue weighted by molar-refractivity contribution is 5.68. The molecule has 0 aromatic heterocycles. The van der Waals surface area contributed by atoms with Gasteiger partial charge in [-0.25, -0.2) is 0 Å². The van der Waals surface area contributed by atoms with Crippen LogP contribution in [0.4, 0.5) is 0 Å². The molecule has 0 radical (unpaired) electrons. The second kappa shape index (κ2) is 11.4. The minimum atomic E-state index is -0.829. The van der Waals surface area contributed by atoms with Crippen molar-refractivity contribution in [2.75, 3.05) is 0 Å². The molecule has 14 heavy (non-hydrogen) atoms. The number of carboxylic acids is 2. The van der Waals surface area contributed by atoms with E-state index in [4.69, 9.17) is 10.2 Å². The molecule has 0 fully saturated rings. The molecule has 0 saturated heterocycles. The predicted octanol–water partition coefficient (Wildman–Crippen LogP) is 2.07. The molecule has 0 atom stereocenters. The monoisotopic (exact) mass is 200 g/mol. The molecule has 0 bridgehead atoms. The van der Waals surface area contributed by atoms with Crippen LogP contribution in [0.25, 0.3) is 0 Å². The van der Waals surface area contributed by atoms with Gasteiger partial charge in [-0.15, -0.1) is 6.58 Å². The number of rotatable bonds is 5. The number of carbonyl (C=O) groups is 2. The van der Waals surface area contributed by atoms with Crippen molar-refractivity contribution in [1.29, 1.82) is 0 Å². The van der Waals surface area contributed by atoms with Crippen molar-refractivity contribution in [3.05, 3.63) is 24.8 Å². The van der Waals surface area contributed by atoms with Gasteiger partial charge in [-0.3, -0.25) is 9.59 Å². The summed E-state index contributed by atoms with van der Waals surface area (Å²) < 4.78 is 0. The average molecular weight is 200 g/mol. The molecule has 2 N–H and O–H groups in total. The lowest BCUT2D eigenvalue weighted by molar-refractivity contribution is -0.137. The first-order valence-corrected chi connectivity index (χ1v) is 4.24. The molecular weight excluding hydrogens is 184 g/mol. The van der Waals surface area contributed by atoms with Crippen molar-refractivity contribution < 1.29 is 19.8 Å². The molecule has 0 unspecified atom stereocenters. The van der Waals surface area contributed by atoms with Gasteiger partial charge in [0.05, 0.1) is 12.8 Å². The van der Waals surface area contributed by atoms with E-state index in [1.54, 1.807) is 6.08 Å². The third kappa shape index (κ3) is 22.4. The van der Waals surface area contributed by atoms with Crippen LogP contribution in [0.5, 0.6) is 0 Å².